The zero-order chi connectivity index (χ0) is 22.3. The van der Waals surface area contributed by atoms with Gasteiger partial charge < -0.3 is 15.3 Å². The van der Waals surface area contributed by atoms with Gasteiger partial charge in [-0.2, -0.15) is 5.10 Å². The Morgan fingerprint density at radius 3 is 2.66 bits per heavy atom. The van der Waals surface area contributed by atoms with Crippen LogP contribution in [0, 0.1) is 0 Å². The number of nitrogens with zero attached hydrogens (tertiary/aromatic N) is 7. The van der Waals surface area contributed by atoms with Gasteiger partial charge in [0, 0.05) is 51.7 Å². The molecule has 2 N–H and O–H groups in total. The number of carbonyl (C=O) groups is 1. The van der Waals surface area contributed by atoms with Crippen molar-refractivity contribution in [3.63, 3.8) is 0 Å². The summed E-state index contributed by atoms with van der Waals surface area (Å²) in [5.41, 5.74) is 0.421. The van der Waals surface area contributed by atoms with Crippen LogP contribution in [0.2, 0.25) is 0 Å². The normalized spacial score (nSPS) is 18.3. The standard InChI is InChI=1S/C21H20N8O2S/c1-28-11-8-21(31,19(28)30)16-12-23-18(32-16)15-5-3-4-13(24-15)14-6-9-22-20(25-14)26-17-7-10-29(2)27-17/h3-7,9-10,12,31H,8,11H2,1-2H3,(H,22,25,26,27)/t21-/m0/s1. The van der Waals surface area contributed by atoms with Crippen LogP contribution in [0.25, 0.3) is 22.1 Å². The van der Waals surface area contributed by atoms with Gasteiger partial charge in [0.2, 0.25) is 5.95 Å². The Bertz CT molecular complexity index is 1300. The largest absolute Gasteiger partial charge is 0.375 e. The predicted octanol–water partition coefficient (Wildman–Crippen LogP) is 2.19. The molecule has 0 bridgehead atoms. The fourth-order valence-corrected chi connectivity index (χ4v) is 4.52. The molecule has 1 saturated heterocycles. The van der Waals surface area contributed by atoms with Crippen molar-refractivity contribution in [2.75, 3.05) is 18.9 Å². The van der Waals surface area contributed by atoms with Crippen LogP contribution in [0.4, 0.5) is 11.8 Å². The highest BCUT2D eigenvalue weighted by atomic mass is 32.1. The topological polar surface area (TPSA) is 122 Å². The average molecular weight is 449 g/mol. The monoisotopic (exact) mass is 448 g/mol. The molecular formula is C21H20N8O2S. The zero-order valence-electron chi connectivity index (χ0n) is 17.4. The summed E-state index contributed by atoms with van der Waals surface area (Å²) >= 11 is 1.27. The second kappa shape index (κ2) is 7.77. The third kappa shape index (κ3) is 3.61. The molecule has 5 rings (SSSR count). The number of carbonyl (C=O) groups excluding carboxylic acids is 1. The zero-order valence-corrected chi connectivity index (χ0v) is 18.2. The van der Waals surface area contributed by atoms with E-state index in [-0.39, 0.29) is 5.91 Å². The van der Waals surface area contributed by atoms with E-state index in [0.717, 1.165) is 0 Å². The summed E-state index contributed by atoms with van der Waals surface area (Å²) in [6.07, 6.45) is 5.39. The van der Waals surface area contributed by atoms with Crippen molar-refractivity contribution in [2.24, 2.45) is 7.05 Å². The fourth-order valence-electron chi connectivity index (χ4n) is 3.52. The fraction of sp³-hybridized carbons (Fsp3) is 0.238. The first kappa shape index (κ1) is 20.2. The molecule has 0 saturated carbocycles. The van der Waals surface area contributed by atoms with Crippen LogP contribution in [-0.4, -0.2) is 59.2 Å². The van der Waals surface area contributed by atoms with Gasteiger partial charge in [0.05, 0.1) is 22.0 Å². The predicted molar refractivity (Wildman–Crippen MR) is 119 cm³/mol. The third-order valence-electron chi connectivity index (χ3n) is 5.26. The van der Waals surface area contributed by atoms with Gasteiger partial charge in [0.25, 0.3) is 5.91 Å². The van der Waals surface area contributed by atoms with E-state index in [1.54, 1.807) is 30.2 Å². The summed E-state index contributed by atoms with van der Waals surface area (Å²) in [7, 11) is 3.52. The highest BCUT2D eigenvalue weighted by molar-refractivity contribution is 7.15. The van der Waals surface area contributed by atoms with E-state index in [0.29, 0.717) is 51.7 Å². The number of aromatic nitrogens is 6. The quantitative estimate of drug-likeness (QED) is 0.476. The first-order valence-electron chi connectivity index (χ1n) is 9.94. The van der Waals surface area contributed by atoms with E-state index in [2.05, 4.69) is 25.4 Å². The molecule has 0 spiro atoms. The SMILES string of the molecule is CN1CC[C@](O)(c2cnc(-c3cccc(-c4ccnc(Nc5ccn(C)n5)n4)n3)s2)C1=O. The Morgan fingerprint density at radius 1 is 1.09 bits per heavy atom. The second-order valence-corrected chi connectivity index (χ2v) is 8.57. The van der Waals surface area contributed by atoms with Gasteiger partial charge in [-0.1, -0.05) is 6.07 Å². The smallest absolute Gasteiger partial charge is 0.259 e. The molecule has 5 heterocycles. The number of hydrogen-bond donors (Lipinski definition) is 2. The Labute approximate surface area is 187 Å². The molecule has 11 heteroatoms. The molecule has 32 heavy (non-hydrogen) atoms. The lowest BCUT2D eigenvalue weighted by atomic mass is 10.0. The van der Waals surface area contributed by atoms with Crippen molar-refractivity contribution >= 4 is 29.0 Å². The molecule has 4 aromatic rings. The lowest BCUT2D eigenvalue weighted by molar-refractivity contribution is -0.142. The molecule has 1 atom stereocenters. The molecule has 1 aliphatic rings. The van der Waals surface area contributed by atoms with Crippen molar-refractivity contribution in [1.29, 1.82) is 0 Å². The summed E-state index contributed by atoms with van der Waals surface area (Å²) in [4.78, 5) is 32.3. The first-order chi connectivity index (χ1) is 15.4. The van der Waals surface area contributed by atoms with Crippen LogP contribution in [0.15, 0.2) is 48.9 Å². The summed E-state index contributed by atoms with van der Waals surface area (Å²) in [5.74, 6) is 0.756. The van der Waals surface area contributed by atoms with Gasteiger partial charge in [-0.25, -0.2) is 19.9 Å². The summed E-state index contributed by atoms with van der Waals surface area (Å²) in [6.45, 7) is 0.513. The number of thiazole rings is 1. The van der Waals surface area contributed by atoms with Crippen molar-refractivity contribution in [3.05, 3.63) is 53.8 Å². The number of aryl methyl sites for hydroxylation is 1. The van der Waals surface area contributed by atoms with Crippen LogP contribution < -0.4 is 5.32 Å². The number of pyridine rings is 1. The molecule has 0 radical (unpaired) electrons. The van der Waals surface area contributed by atoms with Gasteiger partial charge in [-0.15, -0.1) is 11.3 Å². The van der Waals surface area contributed by atoms with Crippen molar-refractivity contribution in [1.82, 2.24) is 34.6 Å². The van der Waals surface area contributed by atoms with Crippen LogP contribution in [0.1, 0.15) is 11.3 Å². The van der Waals surface area contributed by atoms with E-state index >= 15 is 0 Å². The first-order valence-corrected chi connectivity index (χ1v) is 10.8. The maximum atomic E-state index is 12.4. The minimum absolute atomic E-state index is 0.302. The van der Waals surface area contributed by atoms with Gasteiger partial charge >= 0.3 is 0 Å². The molecule has 0 aromatic carbocycles. The summed E-state index contributed by atoms with van der Waals surface area (Å²) in [6, 6.07) is 9.17. The molecule has 1 aliphatic heterocycles. The maximum absolute atomic E-state index is 12.4. The number of hydrogen-bond acceptors (Lipinski definition) is 9. The van der Waals surface area contributed by atoms with Crippen LogP contribution in [-0.2, 0) is 17.4 Å². The Hall–Kier alpha value is -3.70. The number of nitrogens with one attached hydrogen (secondary N) is 1. The molecule has 10 nitrogen and oxygen atoms in total. The molecule has 0 unspecified atom stereocenters. The summed E-state index contributed by atoms with van der Waals surface area (Å²) in [5, 5.41) is 18.8. The van der Waals surface area contributed by atoms with Crippen molar-refractivity contribution < 1.29 is 9.90 Å². The number of rotatable bonds is 5. The molecule has 1 fully saturated rings. The molecule has 162 valence electrons. The van der Waals surface area contributed by atoms with Crippen LogP contribution in [0.5, 0.6) is 0 Å². The second-order valence-electron chi connectivity index (χ2n) is 7.54. The Balaban J connectivity index is 1.42. The number of amides is 1. The van der Waals surface area contributed by atoms with Gasteiger partial charge in [0.15, 0.2) is 11.4 Å². The van der Waals surface area contributed by atoms with Crippen LogP contribution in [0.3, 0.4) is 0 Å². The Kier molecular flexibility index (Phi) is 4.91. The van der Waals surface area contributed by atoms with E-state index in [1.165, 1.54) is 16.2 Å². The molecule has 1 amide bonds. The van der Waals surface area contributed by atoms with Crippen molar-refractivity contribution in [2.45, 2.75) is 12.0 Å². The highest BCUT2D eigenvalue weighted by Crippen LogP contribution is 2.38. The van der Waals surface area contributed by atoms with E-state index in [9.17, 15) is 9.90 Å². The lowest BCUT2D eigenvalue weighted by Crippen LogP contribution is -2.35. The number of likely N-dealkylation sites (tertiary alicyclic amines) is 1. The number of aliphatic hydroxyl groups is 1. The maximum Gasteiger partial charge on any atom is 0.259 e. The molecular weight excluding hydrogens is 428 g/mol. The van der Waals surface area contributed by atoms with Crippen molar-refractivity contribution in [3.8, 4) is 22.1 Å². The minimum Gasteiger partial charge on any atom is -0.375 e. The number of anilines is 2. The summed E-state index contributed by atoms with van der Waals surface area (Å²) < 4.78 is 1.69. The lowest BCUT2D eigenvalue weighted by Gasteiger charge is -2.18. The van der Waals surface area contributed by atoms with E-state index < -0.39 is 5.60 Å². The minimum atomic E-state index is -1.51. The average Bonchev–Trinajstić information content (AvgIpc) is 3.52. The van der Waals surface area contributed by atoms with Crippen LogP contribution >= 0.6 is 11.3 Å². The molecule has 4 aromatic heterocycles. The highest BCUT2D eigenvalue weighted by Gasteiger charge is 2.46. The molecule has 0 aliphatic carbocycles. The Morgan fingerprint density at radius 2 is 1.91 bits per heavy atom. The third-order valence-corrected chi connectivity index (χ3v) is 6.43. The van der Waals surface area contributed by atoms with Gasteiger partial charge in [0.1, 0.15) is 5.01 Å². The van der Waals surface area contributed by atoms with Gasteiger partial charge in [-0.05, 0) is 18.2 Å². The van der Waals surface area contributed by atoms with Gasteiger partial charge in [-0.3, -0.25) is 9.48 Å². The van der Waals surface area contributed by atoms with E-state index in [1.807, 2.05) is 37.5 Å². The van der Waals surface area contributed by atoms with E-state index in [4.69, 9.17) is 4.98 Å². The number of likely N-dealkylation sites (N-methyl/N-ethyl adjacent to an activating group) is 1.